The van der Waals surface area contributed by atoms with Crippen molar-refractivity contribution >= 4 is 17.4 Å². The molecule has 1 aromatic carbocycles. The highest BCUT2D eigenvalue weighted by molar-refractivity contribution is 6.30. The Balaban J connectivity index is 1.76. The van der Waals surface area contributed by atoms with Crippen LogP contribution in [0.2, 0.25) is 5.02 Å². The minimum Gasteiger partial charge on any atom is -0.345 e. The lowest BCUT2D eigenvalue weighted by Gasteiger charge is -2.54. The third-order valence-corrected chi connectivity index (χ3v) is 4.90. The Kier molecular flexibility index (Phi) is 3.89. The summed E-state index contributed by atoms with van der Waals surface area (Å²) in [7, 11) is 0. The zero-order valence-corrected chi connectivity index (χ0v) is 15.2. The summed E-state index contributed by atoms with van der Waals surface area (Å²) in [5, 5.41) is 9.77. The Hall–Kier alpha value is -2.91. The van der Waals surface area contributed by atoms with E-state index >= 15 is 0 Å². The molecule has 0 radical (unpaired) electrons. The highest BCUT2D eigenvalue weighted by Crippen LogP contribution is 2.49. The Morgan fingerprint density at radius 2 is 2.08 bits per heavy atom. The summed E-state index contributed by atoms with van der Waals surface area (Å²) in [5.74, 6) is 1.83. The summed E-state index contributed by atoms with van der Waals surface area (Å²) < 4.78 is 2.05. The molecule has 1 fully saturated rings. The molecule has 0 amide bonds. The number of hydrogen-bond acceptors (Lipinski definition) is 5. The number of anilines is 1. The van der Waals surface area contributed by atoms with Crippen LogP contribution in [0, 0.1) is 16.7 Å². The number of rotatable bonds is 3. The van der Waals surface area contributed by atoms with Gasteiger partial charge in [0.15, 0.2) is 0 Å². The van der Waals surface area contributed by atoms with Gasteiger partial charge < -0.3 is 9.47 Å². The summed E-state index contributed by atoms with van der Waals surface area (Å²) in [6.45, 7) is 5.23. The molecule has 4 rings (SSSR count). The minimum atomic E-state index is 0.0133. The van der Waals surface area contributed by atoms with Crippen LogP contribution in [0.5, 0.6) is 0 Å². The summed E-state index contributed by atoms with van der Waals surface area (Å²) >= 11 is 6.16. The molecule has 0 saturated carbocycles. The third kappa shape index (κ3) is 2.71. The van der Waals surface area contributed by atoms with E-state index < -0.39 is 0 Å². The van der Waals surface area contributed by atoms with E-state index in [2.05, 4.69) is 38.3 Å². The quantitative estimate of drug-likeness (QED) is 0.707. The molecule has 6 nitrogen and oxygen atoms in total. The number of aromatic nitrogens is 4. The molecule has 0 spiro atoms. The van der Waals surface area contributed by atoms with Crippen molar-refractivity contribution in [3.63, 3.8) is 0 Å². The smallest absolute Gasteiger partial charge is 0.234 e. The lowest BCUT2D eigenvalue weighted by Crippen LogP contribution is -2.57. The largest absolute Gasteiger partial charge is 0.345 e. The van der Waals surface area contributed by atoms with E-state index in [0.717, 1.165) is 23.9 Å². The van der Waals surface area contributed by atoms with Crippen molar-refractivity contribution in [1.29, 1.82) is 5.26 Å². The maximum Gasteiger partial charge on any atom is 0.234 e. The molecule has 1 unspecified atom stereocenters. The van der Waals surface area contributed by atoms with E-state index in [1.54, 1.807) is 12.4 Å². The maximum absolute atomic E-state index is 9.08. The first-order valence-electron chi connectivity index (χ1n) is 8.28. The molecule has 2 aromatic heterocycles. The van der Waals surface area contributed by atoms with Crippen molar-refractivity contribution in [3.8, 4) is 11.8 Å². The molecule has 26 heavy (non-hydrogen) atoms. The van der Waals surface area contributed by atoms with Crippen LogP contribution in [-0.2, 0) is 0 Å². The Labute approximate surface area is 156 Å². The first-order chi connectivity index (χ1) is 12.5. The van der Waals surface area contributed by atoms with Gasteiger partial charge in [0.1, 0.15) is 17.7 Å². The van der Waals surface area contributed by atoms with Gasteiger partial charge in [-0.2, -0.15) is 5.26 Å². The summed E-state index contributed by atoms with van der Waals surface area (Å²) in [6, 6.07) is 11.6. The van der Waals surface area contributed by atoms with Crippen LogP contribution in [0.25, 0.3) is 5.69 Å². The van der Waals surface area contributed by atoms with Crippen LogP contribution in [0.1, 0.15) is 31.5 Å². The van der Waals surface area contributed by atoms with Crippen LogP contribution in [0.15, 0.2) is 48.9 Å². The monoisotopic (exact) mass is 364 g/mol. The van der Waals surface area contributed by atoms with Crippen molar-refractivity contribution in [2.75, 3.05) is 11.4 Å². The van der Waals surface area contributed by atoms with E-state index in [-0.39, 0.29) is 17.3 Å². The lowest BCUT2D eigenvalue weighted by molar-refractivity contribution is 0.169. The molecule has 0 N–H and O–H groups in total. The van der Waals surface area contributed by atoms with Crippen LogP contribution < -0.4 is 4.90 Å². The lowest BCUT2D eigenvalue weighted by atomic mass is 9.74. The van der Waals surface area contributed by atoms with Gasteiger partial charge in [0.25, 0.3) is 0 Å². The highest BCUT2D eigenvalue weighted by atomic mass is 35.5. The van der Waals surface area contributed by atoms with Crippen LogP contribution in [0.4, 0.5) is 5.82 Å². The average Bonchev–Trinajstić information content (AvgIpc) is 3.08. The zero-order valence-electron chi connectivity index (χ0n) is 14.5. The number of halogens is 1. The highest BCUT2D eigenvalue weighted by Gasteiger charge is 2.49. The number of benzene rings is 1. The van der Waals surface area contributed by atoms with Gasteiger partial charge in [-0.05, 0) is 24.3 Å². The van der Waals surface area contributed by atoms with Crippen LogP contribution in [-0.4, -0.2) is 26.1 Å². The molecule has 0 aliphatic carbocycles. The predicted molar refractivity (Wildman–Crippen MR) is 99.2 cm³/mol. The van der Waals surface area contributed by atoms with Gasteiger partial charge in [0, 0.05) is 41.3 Å². The molecule has 1 saturated heterocycles. The van der Waals surface area contributed by atoms with Gasteiger partial charge in [-0.25, -0.2) is 15.0 Å². The summed E-state index contributed by atoms with van der Waals surface area (Å²) in [6.07, 6.45) is 5.35. The van der Waals surface area contributed by atoms with Crippen LogP contribution >= 0.6 is 11.6 Å². The van der Waals surface area contributed by atoms with E-state index in [4.69, 9.17) is 16.9 Å². The fourth-order valence-electron chi connectivity index (χ4n) is 3.55. The average molecular weight is 365 g/mol. The number of hydrogen-bond donors (Lipinski definition) is 0. The minimum absolute atomic E-state index is 0.0133. The van der Waals surface area contributed by atoms with Gasteiger partial charge in [-0.1, -0.05) is 31.5 Å². The number of nitriles is 1. The van der Waals surface area contributed by atoms with Crippen molar-refractivity contribution in [1.82, 2.24) is 19.5 Å². The van der Waals surface area contributed by atoms with Gasteiger partial charge in [-0.3, -0.25) is 0 Å². The molecule has 130 valence electrons. The number of nitrogens with zero attached hydrogens (tertiary/aromatic N) is 6. The van der Waals surface area contributed by atoms with Gasteiger partial charge in [0.2, 0.25) is 5.82 Å². The molecule has 1 aliphatic heterocycles. The number of imidazole rings is 1. The van der Waals surface area contributed by atoms with E-state index in [0.29, 0.717) is 5.02 Å². The fraction of sp³-hybridized carbons (Fsp3) is 0.263. The Morgan fingerprint density at radius 3 is 2.81 bits per heavy atom. The topological polar surface area (TPSA) is 70.6 Å². The Morgan fingerprint density at radius 1 is 1.23 bits per heavy atom. The second-order valence-corrected chi connectivity index (χ2v) is 7.44. The molecule has 3 heterocycles. The maximum atomic E-state index is 9.08. The molecule has 1 atom stereocenters. The third-order valence-electron chi connectivity index (χ3n) is 4.67. The van der Waals surface area contributed by atoms with Gasteiger partial charge >= 0.3 is 0 Å². The summed E-state index contributed by atoms with van der Waals surface area (Å²) in [4.78, 5) is 15.1. The van der Waals surface area contributed by atoms with E-state index in [1.165, 1.54) is 0 Å². The zero-order chi connectivity index (χ0) is 18.3. The fourth-order valence-corrected chi connectivity index (χ4v) is 3.74. The first kappa shape index (κ1) is 16.6. The molecular weight excluding hydrogens is 348 g/mol. The van der Waals surface area contributed by atoms with Crippen molar-refractivity contribution in [2.24, 2.45) is 5.41 Å². The van der Waals surface area contributed by atoms with Crippen LogP contribution in [0.3, 0.4) is 0 Å². The van der Waals surface area contributed by atoms with Gasteiger partial charge in [-0.15, -0.1) is 0 Å². The molecule has 3 aromatic rings. The molecular formula is C19H17ClN6. The van der Waals surface area contributed by atoms with Gasteiger partial charge in [0.05, 0.1) is 6.04 Å². The van der Waals surface area contributed by atoms with Crippen molar-refractivity contribution in [3.05, 3.63) is 65.6 Å². The second kappa shape index (κ2) is 6.11. The Bertz CT molecular complexity index is 1000. The van der Waals surface area contributed by atoms with E-state index in [1.807, 2.05) is 42.6 Å². The molecule has 0 bridgehead atoms. The standard InChI is InChI=1S/C19H17ClN6/c1-19(2)12-26(16-6-7-22-15(11-21)24-16)17(19)18-23-8-9-25(18)14-5-3-4-13(20)10-14/h3-10,17H,12H2,1-2H3. The molecule has 1 aliphatic rings. The second-order valence-electron chi connectivity index (χ2n) is 7.00. The predicted octanol–water partition coefficient (Wildman–Crippen LogP) is 3.77. The molecule has 7 heteroatoms. The van der Waals surface area contributed by atoms with Crippen molar-refractivity contribution in [2.45, 2.75) is 19.9 Å². The first-order valence-corrected chi connectivity index (χ1v) is 8.66. The SMILES string of the molecule is CC1(C)CN(c2ccnc(C#N)n2)C1c1nccn1-c1cccc(Cl)c1. The van der Waals surface area contributed by atoms with Crippen molar-refractivity contribution < 1.29 is 0 Å². The normalized spacial score (nSPS) is 18.2. The summed E-state index contributed by atoms with van der Waals surface area (Å²) in [5.41, 5.74) is 0.979. The van der Waals surface area contributed by atoms with E-state index in [9.17, 15) is 0 Å².